The number of carbonyl (C=O) groups is 2. The van der Waals surface area contributed by atoms with Crippen molar-refractivity contribution in [1.82, 2.24) is 5.32 Å². The van der Waals surface area contributed by atoms with E-state index < -0.39 is 17.8 Å². The quantitative estimate of drug-likeness (QED) is 0.812. The minimum atomic E-state index is -0.852. The van der Waals surface area contributed by atoms with Crippen LogP contribution in [0.4, 0.5) is 0 Å². The summed E-state index contributed by atoms with van der Waals surface area (Å²) in [5.41, 5.74) is 1.17. The van der Waals surface area contributed by atoms with Crippen LogP contribution in [0, 0.1) is 23.7 Å². The van der Waals surface area contributed by atoms with Crippen molar-refractivity contribution < 1.29 is 14.7 Å². The molecule has 2 bridgehead atoms. The van der Waals surface area contributed by atoms with Gasteiger partial charge in [0.05, 0.1) is 11.8 Å². The lowest BCUT2D eigenvalue weighted by molar-refractivity contribution is -0.147. The smallest absolute Gasteiger partial charge is 0.307 e. The van der Waals surface area contributed by atoms with Gasteiger partial charge in [-0.2, -0.15) is 0 Å². The van der Waals surface area contributed by atoms with Gasteiger partial charge in [0.15, 0.2) is 0 Å². The molecule has 1 aromatic carbocycles. The zero-order chi connectivity index (χ0) is 14.8. The summed E-state index contributed by atoms with van der Waals surface area (Å²) in [6.07, 6.45) is 5.53. The van der Waals surface area contributed by atoms with E-state index in [0.29, 0.717) is 6.54 Å². The number of nitrogens with one attached hydrogen (secondary N) is 1. The number of allylic oxidation sites excluding steroid dienone is 2. The van der Waals surface area contributed by atoms with E-state index in [2.05, 4.69) is 5.32 Å². The fraction of sp³-hybridized carbons (Fsp3) is 0.412. The summed E-state index contributed by atoms with van der Waals surface area (Å²) < 4.78 is 0. The topological polar surface area (TPSA) is 66.4 Å². The largest absolute Gasteiger partial charge is 0.481 e. The molecule has 21 heavy (non-hydrogen) atoms. The summed E-state index contributed by atoms with van der Waals surface area (Å²) in [5.74, 6) is -1.82. The van der Waals surface area contributed by atoms with E-state index in [4.69, 9.17) is 0 Å². The summed E-state index contributed by atoms with van der Waals surface area (Å²) in [6.45, 7) is 0.548. The van der Waals surface area contributed by atoms with E-state index in [-0.39, 0.29) is 17.7 Å². The first-order valence-electron chi connectivity index (χ1n) is 7.39. The summed E-state index contributed by atoms with van der Waals surface area (Å²) >= 11 is 0. The van der Waals surface area contributed by atoms with Crippen LogP contribution in [0.5, 0.6) is 0 Å². The first-order valence-corrected chi connectivity index (χ1v) is 7.39. The lowest BCUT2D eigenvalue weighted by atomic mass is 9.82. The first-order chi connectivity index (χ1) is 10.2. The van der Waals surface area contributed by atoms with Crippen molar-refractivity contribution in [3.8, 4) is 0 Å². The highest BCUT2D eigenvalue weighted by Crippen LogP contribution is 2.48. The maximum Gasteiger partial charge on any atom is 0.307 e. The normalized spacial score (nSPS) is 29.5. The molecule has 2 aliphatic rings. The maximum atomic E-state index is 12.3. The predicted octanol–water partition coefficient (Wildman–Crippen LogP) is 1.87. The molecule has 0 unspecified atom stereocenters. The number of hydrogen-bond donors (Lipinski definition) is 2. The molecule has 4 atom stereocenters. The van der Waals surface area contributed by atoms with E-state index in [1.807, 2.05) is 42.5 Å². The molecular formula is C17H19NO3. The molecule has 0 saturated heterocycles. The molecule has 3 rings (SSSR count). The molecule has 4 heteroatoms. The molecule has 1 saturated carbocycles. The van der Waals surface area contributed by atoms with Crippen molar-refractivity contribution >= 4 is 11.9 Å². The van der Waals surface area contributed by atoms with Gasteiger partial charge in [-0.25, -0.2) is 0 Å². The van der Waals surface area contributed by atoms with Gasteiger partial charge < -0.3 is 10.4 Å². The van der Waals surface area contributed by atoms with Crippen LogP contribution in [0.1, 0.15) is 12.0 Å². The van der Waals surface area contributed by atoms with Crippen molar-refractivity contribution in [2.45, 2.75) is 12.8 Å². The van der Waals surface area contributed by atoms with E-state index in [9.17, 15) is 14.7 Å². The van der Waals surface area contributed by atoms with E-state index in [1.54, 1.807) is 0 Å². The number of amides is 1. The van der Waals surface area contributed by atoms with Crippen LogP contribution in [0.15, 0.2) is 42.5 Å². The molecular weight excluding hydrogens is 266 g/mol. The minimum Gasteiger partial charge on any atom is -0.481 e. The highest BCUT2D eigenvalue weighted by atomic mass is 16.4. The predicted molar refractivity (Wildman–Crippen MR) is 78.5 cm³/mol. The monoisotopic (exact) mass is 285 g/mol. The highest BCUT2D eigenvalue weighted by Gasteiger charge is 2.51. The molecule has 1 fully saturated rings. The van der Waals surface area contributed by atoms with Crippen LogP contribution in [0.3, 0.4) is 0 Å². The Morgan fingerprint density at radius 2 is 1.76 bits per heavy atom. The molecule has 2 N–H and O–H groups in total. The zero-order valence-electron chi connectivity index (χ0n) is 11.7. The number of rotatable bonds is 5. The maximum absolute atomic E-state index is 12.3. The summed E-state index contributed by atoms with van der Waals surface area (Å²) in [4.78, 5) is 23.7. The Hall–Kier alpha value is -2.10. The second kappa shape index (κ2) is 5.72. The van der Waals surface area contributed by atoms with Crippen LogP contribution >= 0.6 is 0 Å². The fourth-order valence-corrected chi connectivity index (χ4v) is 3.61. The second-order valence-corrected chi connectivity index (χ2v) is 5.86. The van der Waals surface area contributed by atoms with Gasteiger partial charge in [-0.05, 0) is 30.2 Å². The van der Waals surface area contributed by atoms with Gasteiger partial charge in [-0.3, -0.25) is 9.59 Å². The van der Waals surface area contributed by atoms with Crippen molar-refractivity contribution in [3.05, 3.63) is 48.0 Å². The number of fused-ring (bicyclic) bond motifs is 2. The van der Waals surface area contributed by atoms with Gasteiger partial charge in [0.25, 0.3) is 0 Å². The van der Waals surface area contributed by atoms with Crippen LogP contribution in [0.2, 0.25) is 0 Å². The Labute approximate surface area is 123 Å². The first kappa shape index (κ1) is 13.9. The Morgan fingerprint density at radius 3 is 2.43 bits per heavy atom. The third kappa shape index (κ3) is 2.71. The minimum absolute atomic E-state index is 0.0253. The van der Waals surface area contributed by atoms with Gasteiger partial charge in [0, 0.05) is 6.54 Å². The van der Waals surface area contributed by atoms with Crippen molar-refractivity contribution in [2.75, 3.05) is 6.54 Å². The van der Waals surface area contributed by atoms with Gasteiger partial charge >= 0.3 is 5.97 Å². The molecule has 0 radical (unpaired) electrons. The summed E-state index contributed by atoms with van der Waals surface area (Å²) in [6, 6.07) is 9.94. The molecule has 1 aromatic rings. The molecule has 110 valence electrons. The molecule has 0 heterocycles. The van der Waals surface area contributed by atoms with Gasteiger partial charge in [-0.1, -0.05) is 42.5 Å². The SMILES string of the molecule is O=C(O)[C@@H]1[C@H](C(=O)NCCc2ccccc2)[C@H]2C=C[C@H]1C2. The number of carboxylic acid groups (broad SMARTS) is 1. The van der Waals surface area contributed by atoms with Gasteiger partial charge in [0.2, 0.25) is 5.91 Å². The van der Waals surface area contributed by atoms with Crippen molar-refractivity contribution in [3.63, 3.8) is 0 Å². The van der Waals surface area contributed by atoms with Crippen LogP contribution in [-0.4, -0.2) is 23.5 Å². The average molecular weight is 285 g/mol. The number of carboxylic acids is 1. The molecule has 0 spiro atoms. The third-order valence-electron chi connectivity index (χ3n) is 4.60. The molecule has 2 aliphatic carbocycles. The Kier molecular flexibility index (Phi) is 3.78. The Bertz CT molecular complexity index is 567. The highest BCUT2D eigenvalue weighted by molar-refractivity contribution is 5.86. The van der Waals surface area contributed by atoms with Crippen molar-refractivity contribution in [2.24, 2.45) is 23.7 Å². The van der Waals surface area contributed by atoms with Crippen molar-refractivity contribution in [1.29, 1.82) is 0 Å². The number of hydrogen-bond acceptors (Lipinski definition) is 2. The second-order valence-electron chi connectivity index (χ2n) is 5.86. The average Bonchev–Trinajstić information content (AvgIpc) is 3.08. The van der Waals surface area contributed by atoms with E-state index in [0.717, 1.165) is 12.8 Å². The van der Waals surface area contributed by atoms with Crippen LogP contribution in [-0.2, 0) is 16.0 Å². The third-order valence-corrected chi connectivity index (χ3v) is 4.60. The molecule has 4 nitrogen and oxygen atoms in total. The number of carbonyl (C=O) groups excluding carboxylic acids is 1. The van der Waals surface area contributed by atoms with Gasteiger partial charge in [0.1, 0.15) is 0 Å². The fourth-order valence-electron chi connectivity index (χ4n) is 3.61. The molecule has 1 amide bonds. The summed E-state index contributed by atoms with van der Waals surface area (Å²) in [5, 5.41) is 12.3. The van der Waals surface area contributed by atoms with E-state index in [1.165, 1.54) is 5.56 Å². The van der Waals surface area contributed by atoms with Gasteiger partial charge in [-0.15, -0.1) is 0 Å². The Morgan fingerprint density at radius 1 is 1.10 bits per heavy atom. The standard InChI is InChI=1S/C17H19NO3/c19-16(18-9-8-11-4-2-1-3-5-11)14-12-6-7-13(10-12)15(14)17(20)21/h1-7,12-15H,8-10H2,(H,18,19)(H,20,21)/t12-,13-,14+,15-/m0/s1. The zero-order valence-corrected chi connectivity index (χ0v) is 11.7. The summed E-state index contributed by atoms with van der Waals surface area (Å²) in [7, 11) is 0. The van der Waals surface area contributed by atoms with Crippen LogP contribution in [0.25, 0.3) is 0 Å². The number of aliphatic carboxylic acids is 1. The lowest BCUT2D eigenvalue weighted by Gasteiger charge is -2.23. The lowest BCUT2D eigenvalue weighted by Crippen LogP contribution is -2.40. The Balaban J connectivity index is 1.58. The molecule has 0 aromatic heterocycles. The van der Waals surface area contributed by atoms with Crippen LogP contribution < -0.4 is 5.32 Å². The van der Waals surface area contributed by atoms with E-state index >= 15 is 0 Å². The molecule has 0 aliphatic heterocycles. The number of benzene rings is 1.